The number of nitrogens with zero attached hydrogens (tertiary/aromatic N) is 5. The van der Waals surface area contributed by atoms with Crippen LogP contribution >= 0.6 is 0 Å². The second-order valence-electron chi connectivity index (χ2n) is 8.59. The highest BCUT2D eigenvalue weighted by molar-refractivity contribution is 5.65. The molecule has 3 N–H and O–H groups in total. The van der Waals surface area contributed by atoms with Crippen molar-refractivity contribution in [1.82, 2.24) is 29.9 Å². The summed E-state index contributed by atoms with van der Waals surface area (Å²) in [6, 6.07) is 1.51. The Morgan fingerprint density at radius 2 is 2.00 bits per heavy atom. The summed E-state index contributed by atoms with van der Waals surface area (Å²) < 4.78 is 39.9. The van der Waals surface area contributed by atoms with Crippen LogP contribution in [-0.4, -0.2) is 62.9 Å². The van der Waals surface area contributed by atoms with Gasteiger partial charge >= 0.3 is 0 Å². The molecule has 0 fully saturated rings. The van der Waals surface area contributed by atoms with E-state index in [0.717, 1.165) is 23.4 Å². The van der Waals surface area contributed by atoms with Crippen LogP contribution in [-0.2, 0) is 4.74 Å². The standard InChI is InChI=1S/C24H35F2N7O2/c1-5-24(25,26)12-18(27)7-8-34-9-10-35-23-22-30-15-31-33(22)14-21(32-23)19-11-20(17(4)28-6-2)29-13-16(19)3/h11,13-15,17-18,28H,5-10,12,27H2,1-4H3/t17-,18?/m1/s1. The van der Waals surface area contributed by atoms with Gasteiger partial charge in [0.2, 0.25) is 11.6 Å². The number of nitrogens with one attached hydrogen (secondary N) is 1. The first kappa shape index (κ1) is 26.8. The fraction of sp³-hybridized carbons (Fsp3) is 0.583. The van der Waals surface area contributed by atoms with E-state index in [2.05, 4.69) is 34.2 Å². The second kappa shape index (κ2) is 12.3. The van der Waals surface area contributed by atoms with Crippen molar-refractivity contribution in [2.75, 3.05) is 26.4 Å². The van der Waals surface area contributed by atoms with Gasteiger partial charge in [-0.1, -0.05) is 13.8 Å². The number of pyridine rings is 1. The molecule has 1 unspecified atom stereocenters. The molecule has 3 aromatic heterocycles. The number of fused-ring (bicyclic) bond motifs is 1. The molecule has 0 bridgehead atoms. The molecule has 3 rings (SSSR count). The maximum absolute atomic E-state index is 13.4. The Kier molecular flexibility index (Phi) is 9.41. The molecule has 11 heteroatoms. The lowest BCUT2D eigenvalue weighted by Crippen LogP contribution is -2.31. The van der Waals surface area contributed by atoms with E-state index in [4.69, 9.17) is 20.2 Å². The van der Waals surface area contributed by atoms with Gasteiger partial charge in [-0.2, -0.15) is 5.10 Å². The van der Waals surface area contributed by atoms with Crippen molar-refractivity contribution in [3.8, 4) is 17.1 Å². The highest BCUT2D eigenvalue weighted by atomic mass is 19.3. The zero-order valence-corrected chi connectivity index (χ0v) is 20.8. The summed E-state index contributed by atoms with van der Waals surface area (Å²) in [7, 11) is 0. The number of aromatic nitrogens is 5. The van der Waals surface area contributed by atoms with Crippen LogP contribution < -0.4 is 15.8 Å². The summed E-state index contributed by atoms with van der Waals surface area (Å²) in [5.74, 6) is -2.40. The molecule has 0 radical (unpaired) electrons. The van der Waals surface area contributed by atoms with Crippen LogP contribution in [0.2, 0.25) is 0 Å². The van der Waals surface area contributed by atoms with Crippen molar-refractivity contribution < 1.29 is 18.3 Å². The van der Waals surface area contributed by atoms with E-state index in [1.807, 2.05) is 25.4 Å². The Labute approximate surface area is 204 Å². The van der Waals surface area contributed by atoms with Gasteiger partial charge in [0.15, 0.2) is 0 Å². The maximum atomic E-state index is 13.4. The van der Waals surface area contributed by atoms with Gasteiger partial charge in [0.25, 0.3) is 5.88 Å². The average molecular weight is 492 g/mol. The number of hydrogen-bond donors (Lipinski definition) is 2. The first-order valence-electron chi connectivity index (χ1n) is 12.0. The molecule has 0 saturated carbocycles. The first-order valence-corrected chi connectivity index (χ1v) is 12.0. The molecule has 0 aliphatic carbocycles. The minimum atomic E-state index is -2.73. The summed E-state index contributed by atoms with van der Waals surface area (Å²) in [6.07, 6.45) is 4.88. The molecule has 192 valence electrons. The van der Waals surface area contributed by atoms with E-state index < -0.39 is 12.0 Å². The molecular weight excluding hydrogens is 456 g/mol. The molecule has 0 saturated heterocycles. The third-order valence-electron chi connectivity index (χ3n) is 5.76. The number of ether oxygens (including phenoxy) is 2. The summed E-state index contributed by atoms with van der Waals surface area (Å²) in [6.45, 7) is 9.16. The average Bonchev–Trinajstić information content (AvgIpc) is 3.30. The highest BCUT2D eigenvalue weighted by Gasteiger charge is 2.28. The van der Waals surface area contributed by atoms with Crippen molar-refractivity contribution >= 4 is 5.65 Å². The van der Waals surface area contributed by atoms with Gasteiger partial charge in [-0.25, -0.2) is 23.3 Å². The van der Waals surface area contributed by atoms with E-state index in [1.54, 1.807) is 4.52 Å². The third kappa shape index (κ3) is 7.36. The molecular formula is C24H35F2N7O2. The first-order chi connectivity index (χ1) is 16.7. The molecule has 9 nitrogen and oxygen atoms in total. The van der Waals surface area contributed by atoms with Crippen molar-refractivity contribution in [1.29, 1.82) is 0 Å². The van der Waals surface area contributed by atoms with Crippen LogP contribution in [0.15, 0.2) is 24.8 Å². The van der Waals surface area contributed by atoms with Crippen LogP contribution in [0.25, 0.3) is 16.9 Å². The fourth-order valence-electron chi connectivity index (χ4n) is 3.66. The van der Waals surface area contributed by atoms with Crippen molar-refractivity contribution in [2.24, 2.45) is 5.73 Å². The van der Waals surface area contributed by atoms with Crippen LogP contribution in [0.1, 0.15) is 57.3 Å². The fourth-order valence-corrected chi connectivity index (χ4v) is 3.66. The smallest absolute Gasteiger partial charge is 0.260 e. The number of hydrogen-bond acceptors (Lipinski definition) is 8. The monoisotopic (exact) mass is 491 g/mol. The Morgan fingerprint density at radius 1 is 1.20 bits per heavy atom. The largest absolute Gasteiger partial charge is 0.473 e. The number of aryl methyl sites for hydroxylation is 1. The second-order valence-corrected chi connectivity index (χ2v) is 8.59. The third-order valence-corrected chi connectivity index (χ3v) is 5.76. The summed E-state index contributed by atoms with van der Waals surface area (Å²) >= 11 is 0. The van der Waals surface area contributed by atoms with Crippen LogP contribution in [0.4, 0.5) is 8.78 Å². The summed E-state index contributed by atoms with van der Waals surface area (Å²) in [5, 5.41) is 7.61. The Bertz CT molecular complexity index is 1090. The van der Waals surface area contributed by atoms with Gasteiger partial charge in [0.1, 0.15) is 12.9 Å². The van der Waals surface area contributed by atoms with Crippen LogP contribution in [0.3, 0.4) is 0 Å². The predicted octanol–water partition coefficient (Wildman–Crippen LogP) is 3.71. The topological polar surface area (TPSA) is 112 Å². The van der Waals surface area contributed by atoms with E-state index >= 15 is 0 Å². The Balaban J connectivity index is 1.64. The van der Waals surface area contributed by atoms with Gasteiger partial charge in [-0.15, -0.1) is 0 Å². The SMILES string of the molecule is CCN[C@H](C)c1cc(-c2cn3ncnc3c(OCCOCCC(N)CC(F)(F)CC)n2)c(C)cn1. The molecule has 2 atom stereocenters. The van der Waals surface area contributed by atoms with Gasteiger partial charge in [0.05, 0.1) is 24.2 Å². The van der Waals surface area contributed by atoms with E-state index in [9.17, 15) is 8.78 Å². The van der Waals surface area contributed by atoms with Crippen molar-refractivity contribution in [3.63, 3.8) is 0 Å². The van der Waals surface area contributed by atoms with Crippen LogP contribution in [0.5, 0.6) is 5.88 Å². The summed E-state index contributed by atoms with van der Waals surface area (Å²) in [5.41, 5.74) is 9.79. The zero-order valence-electron chi connectivity index (χ0n) is 20.8. The zero-order chi connectivity index (χ0) is 25.4. The van der Waals surface area contributed by atoms with Gasteiger partial charge in [-0.05, 0) is 38.4 Å². The number of nitrogens with two attached hydrogens (primary N) is 1. The Hall–Kier alpha value is -2.76. The molecule has 0 aliphatic rings. The predicted molar refractivity (Wildman–Crippen MR) is 130 cm³/mol. The molecule has 35 heavy (non-hydrogen) atoms. The lowest BCUT2D eigenvalue weighted by Gasteiger charge is -2.19. The molecule has 0 aromatic carbocycles. The maximum Gasteiger partial charge on any atom is 0.260 e. The molecule has 3 aromatic rings. The molecule has 0 amide bonds. The number of alkyl halides is 2. The summed E-state index contributed by atoms with van der Waals surface area (Å²) in [4.78, 5) is 13.5. The highest BCUT2D eigenvalue weighted by Crippen LogP contribution is 2.27. The molecule has 0 spiro atoms. The van der Waals surface area contributed by atoms with Crippen LogP contribution in [0, 0.1) is 6.92 Å². The molecule has 0 aliphatic heterocycles. The minimum Gasteiger partial charge on any atom is -0.473 e. The van der Waals surface area contributed by atoms with Gasteiger partial charge in [0, 0.05) is 43.3 Å². The number of rotatable bonds is 14. The normalized spacial score (nSPS) is 13.8. The van der Waals surface area contributed by atoms with E-state index in [1.165, 1.54) is 13.3 Å². The Morgan fingerprint density at radius 3 is 2.74 bits per heavy atom. The van der Waals surface area contributed by atoms with Gasteiger partial charge < -0.3 is 20.5 Å². The van der Waals surface area contributed by atoms with Crippen molar-refractivity contribution in [2.45, 2.75) is 65.0 Å². The van der Waals surface area contributed by atoms with Gasteiger partial charge in [-0.3, -0.25) is 4.98 Å². The number of halogens is 2. The molecule has 3 heterocycles. The van der Waals surface area contributed by atoms with Crippen molar-refractivity contribution in [3.05, 3.63) is 36.0 Å². The lowest BCUT2D eigenvalue weighted by molar-refractivity contribution is -0.0204. The lowest BCUT2D eigenvalue weighted by atomic mass is 10.0. The quantitative estimate of drug-likeness (QED) is 0.328. The minimum absolute atomic E-state index is 0.101. The van der Waals surface area contributed by atoms with E-state index in [0.29, 0.717) is 23.6 Å². The van der Waals surface area contributed by atoms with E-state index in [-0.39, 0.29) is 38.7 Å².